The third kappa shape index (κ3) is 4.53. The van der Waals surface area contributed by atoms with Crippen LogP contribution in [0, 0.1) is 0 Å². The topological polar surface area (TPSA) is 134 Å². The number of aromatic amines is 1. The first kappa shape index (κ1) is 20.1. The van der Waals surface area contributed by atoms with Gasteiger partial charge in [-0.2, -0.15) is 0 Å². The van der Waals surface area contributed by atoms with Gasteiger partial charge in [-0.25, -0.2) is 4.98 Å². The minimum atomic E-state index is -0.838. The van der Waals surface area contributed by atoms with Gasteiger partial charge in [0.2, 0.25) is 5.91 Å². The summed E-state index contributed by atoms with van der Waals surface area (Å²) < 4.78 is 0. The first-order valence-corrected chi connectivity index (χ1v) is 9.78. The molecular formula is C23H21N5O3. The number of fused-ring (bicyclic) bond motifs is 1. The Bertz CT molecular complexity index is 1220. The number of nitrogens with zero attached hydrogens (tertiary/aromatic N) is 2. The van der Waals surface area contributed by atoms with Crippen molar-refractivity contribution in [3.63, 3.8) is 0 Å². The predicted molar refractivity (Wildman–Crippen MR) is 116 cm³/mol. The van der Waals surface area contributed by atoms with Gasteiger partial charge < -0.3 is 21.1 Å². The number of nitrogens with one attached hydrogen (secondary N) is 2. The van der Waals surface area contributed by atoms with E-state index in [2.05, 4.69) is 20.3 Å². The van der Waals surface area contributed by atoms with Crippen LogP contribution in [0.4, 0.5) is 0 Å². The average Bonchev–Trinajstić information content (AvgIpc) is 3.22. The number of amides is 2. The second-order valence-electron chi connectivity index (χ2n) is 7.16. The maximum Gasteiger partial charge on any atom is 0.254 e. The van der Waals surface area contributed by atoms with Gasteiger partial charge in [0.15, 0.2) is 0 Å². The number of pyridine rings is 1. The Balaban J connectivity index is 1.54. The number of imidazole rings is 1. The highest BCUT2D eigenvalue weighted by Crippen LogP contribution is 2.22. The van der Waals surface area contributed by atoms with Crippen LogP contribution < -0.4 is 11.1 Å². The van der Waals surface area contributed by atoms with E-state index >= 15 is 0 Å². The van der Waals surface area contributed by atoms with Crippen LogP contribution in [0.3, 0.4) is 0 Å². The molecule has 31 heavy (non-hydrogen) atoms. The summed E-state index contributed by atoms with van der Waals surface area (Å²) in [5.74, 6) is -0.246. The lowest BCUT2D eigenvalue weighted by atomic mass is 10.0. The first-order chi connectivity index (χ1) is 15.0. The van der Waals surface area contributed by atoms with Gasteiger partial charge in [0.1, 0.15) is 23.1 Å². The number of primary amides is 1. The molecule has 0 aliphatic carbocycles. The lowest BCUT2D eigenvalue weighted by Gasteiger charge is -2.15. The number of aromatic hydroxyl groups is 1. The Hall–Kier alpha value is -4.20. The molecule has 0 fully saturated rings. The number of hydrogen-bond donors (Lipinski definition) is 4. The van der Waals surface area contributed by atoms with E-state index in [0.29, 0.717) is 35.3 Å². The average molecular weight is 415 g/mol. The van der Waals surface area contributed by atoms with Crippen molar-refractivity contribution in [3.05, 3.63) is 78.1 Å². The molecule has 1 atom stereocenters. The third-order valence-corrected chi connectivity index (χ3v) is 5.02. The fourth-order valence-electron chi connectivity index (χ4n) is 3.36. The van der Waals surface area contributed by atoms with Crippen LogP contribution in [-0.2, 0) is 11.2 Å². The molecule has 2 aromatic carbocycles. The zero-order chi connectivity index (χ0) is 21.8. The van der Waals surface area contributed by atoms with E-state index in [9.17, 15) is 14.7 Å². The standard InChI is InChI=1S/C23H21N5O3/c24-21(30)19(9-6-14-4-7-16(29)8-5-14)27-23(31)17-2-1-3-18-20(17)28-22(26-18)15-10-12-25-13-11-15/h1-5,7-8,10-13,19,29H,6,9H2,(H2,24,30)(H,26,28)(H,27,31)/t19-/m0/s1. The van der Waals surface area contributed by atoms with E-state index in [0.717, 1.165) is 11.1 Å². The van der Waals surface area contributed by atoms with E-state index in [1.54, 1.807) is 48.8 Å². The number of carbonyl (C=O) groups is 2. The van der Waals surface area contributed by atoms with Crippen LogP contribution in [0.1, 0.15) is 22.3 Å². The molecule has 156 valence electrons. The highest BCUT2D eigenvalue weighted by molar-refractivity contribution is 6.06. The van der Waals surface area contributed by atoms with Gasteiger partial charge >= 0.3 is 0 Å². The number of para-hydroxylation sites is 1. The van der Waals surface area contributed by atoms with Crippen LogP contribution >= 0.6 is 0 Å². The summed E-state index contributed by atoms with van der Waals surface area (Å²) in [6.07, 6.45) is 4.20. The molecule has 0 unspecified atom stereocenters. The second kappa shape index (κ2) is 8.66. The van der Waals surface area contributed by atoms with Crippen molar-refractivity contribution in [2.45, 2.75) is 18.9 Å². The lowest BCUT2D eigenvalue weighted by molar-refractivity contribution is -0.120. The quantitative estimate of drug-likeness (QED) is 0.368. The van der Waals surface area contributed by atoms with Crippen molar-refractivity contribution >= 4 is 22.8 Å². The van der Waals surface area contributed by atoms with E-state index in [-0.39, 0.29) is 5.75 Å². The number of aromatic nitrogens is 3. The molecule has 2 aromatic heterocycles. The Labute approximate surface area is 178 Å². The molecule has 0 aliphatic heterocycles. The fraction of sp³-hybridized carbons (Fsp3) is 0.130. The number of phenols is 1. The van der Waals surface area contributed by atoms with Gasteiger partial charge in [0.25, 0.3) is 5.91 Å². The highest BCUT2D eigenvalue weighted by Gasteiger charge is 2.21. The normalized spacial score (nSPS) is 11.9. The molecule has 0 aliphatic rings. The fourth-order valence-corrected chi connectivity index (χ4v) is 3.36. The summed E-state index contributed by atoms with van der Waals surface area (Å²) in [7, 11) is 0. The van der Waals surface area contributed by atoms with Crippen LogP contribution in [0.2, 0.25) is 0 Å². The minimum Gasteiger partial charge on any atom is -0.508 e. The number of aryl methyl sites for hydroxylation is 1. The Morgan fingerprint density at radius 1 is 1.06 bits per heavy atom. The summed E-state index contributed by atoms with van der Waals surface area (Å²) in [4.78, 5) is 36.7. The van der Waals surface area contributed by atoms with E-state index in [4.69, 9.17) is 5.73 Å². The van der Waals surface area contributed by atoms with Crippen LogP contribution in [-0.4, -0.2) is 37.9 Å². The zero-order valence-electron chi connectivity index (χ0n) is 16.6. The lowest BCUT2D eigenvalue weighted by Crippen LogP contribution is -2.44. The number of H-pyrrole nitrogens is 1. The summed E-state index contributed by atoms with van der Waals surface area (Å²) in [6.45, 7) is 0. The number of rotatable bonds is 7. The SMILES string of the molecule is NC(=O)[C@H](CCc1ccc(O)cc1)NC(=O)c1cccc2[nH]c(-c3ccncc3)nc12. The molecule has 5 N–H and O–H groups in total. The zero-order valence-corrected chi connectivity index (χ0v) is 16.6. The minimum absolute atomic E-state index is 0.168. The Morgan fingerprint density at radius 2 is 1.81 bits per heavy atom. The summed E-state index contributed by atoms with van der Waals surface area (Å²) in [6, 6.07) is 14.7. The molecule has 0 spiro atoms. The molecule has 8 heteroatoms. The number of benzene rings is 2. The van der Waals surface area contributed by atoms with Gasteiger partial charge in [-0.3, -0.25) is 14.6 Å². The van der Waals surface area contributed by atoms with Crippen molar-refractivity contribution < 1.29 is 14.7 Å². The molecule has 2 heterocycles. The number of carbonyl (C=O) groups excluding carboxylic acids is 2. The highest BCUT2D eigenvalue weighted by atomic mass is 16.3. The van der Waals surface area contributed by atoms with Gasteiger partial charge in [0, 0.05) is 18.0 Å². The number of hydrogen-bond acceptors (Lipinski definition) is 5. The van der Waals surface area contributed by atoms with Gasteiger partial charge in [-0.15, -0.1) is 0 Å². The molecule has 4 rings (SSSR count). The largest absolute Gasteiger partial charge is 0.508 e. The van der Waals surface area contributed by atoms with E-state index in [1.807, 2.05) is 18.2 Å². The maximum atomic E-state index is 13.0. The van der Waals surface area contributed by atoms with Gasteiger partial charge in [0.05, 0.1) is 11.1 Å². The van der Waals surface area contributed by atoms with E-state index in [1.165, 1.54) is 0 Å². The van der Waals surface area contributed by atoms with Crippen molar-refractivity contribution in [3.8, 4) is 17.1 Å². The molecule has 0 saturated heterocycles. The van der Waals surface area contributed by atoms with Crippen LogP contribution in [0.25, 0.3) is 22.4 Å². The smallest absolute Gasteiger partial charge is 0.254 e. The molecule has 0 saturated carbocycles. The van der Waals surface area contributed by atoms with Crippen LogP contribution in [0.5, 0.6) is 5.75 Å². The van der Waals surface area contributed by atoms with Crippen LogP contribution in [0.15, 0.2) is 67.0 Å². The van der Waals surface area contributed by atoms with Crippen molar-refractivity contribution in [1.82, 2.24) is 20.3 Å². The monoisotopic (exact) mass is 415 g/mol. The Morgan fingerprint density at radius 3 is 2.52 bits per heavy atom. The van der Waals surface area contributed by atoms with E-state index < -0.39 is 17.9 Å². The van der Waals surface area contributed by atoms with Crippen molar-refractivity contribution in [1.29, 1.82) is 0 Å². The van der Waals surface area contributed by atoms with Crippen molar-refractivity contribution in [2.75, 3.05) is 0 Å². The molecule has 2 amide bonds. The van der Waals surface area contributed by atoms with Gasteiger partial charge in [-0.05, 0) is 54.8 Å². The predicted octanol–water partition coefficient (Wildman–Crippen LogP) is 2.55. The third-order valence-electron chi connectivity index (χ3n) is 5.02. The molecule has 4 aromatic rings. The summed E-state index contributed by atoms with van der Waals surface area (Å²) in [5.41, 5.74) is 8.86. The summed E-state index contributed by atoms with van der Waals surface area (Å²) in [5, 5.41) is 12.1. The number of phenolic OH excluding ortho intramolecular Hbond substituents is 1. The number of nitrogens with two attached hydrogens (primary N) is 1. The molecule has 0 bridgehead atoms. The molecule has 8 nitrogen and oxygen atoms in total. The maximum absolute atomic E-state index is 13.0. The van der Waals surface area contributed by atoms with Gasteiger partial charge in [-0.1, -0.05) is 18.2 Å². The van der Waals surface area contributed by atoms with Crippen molar-refractivity contribution in [2.24, 2.45) is 5.73 Å². The second-order valence-corrected chi connectivity index (χ2v) is 7.16. The Kier molecular flexibility index (Phi) is 5.61. The summed E-state index contributed by atoms with van der Waals surface area (Å²) >= 11 is 0. The first-order valence-electron chi connectivity index (χ1n) is 9.78. The molecular weight excluding hydrogens is 394 g/mol. The molecule has 0 radical (unpaired) electrons.